The van der Waals surface area contributed by atoms with E-state index >= 15 is 0 Å². The van der Waals surface area contributed by atoms with Crippen LogP contribution in [-0.4, -0.2) is 29.9 Å². The van der Waals surface area contributed by atoms with Gasteiger partial charge in [-0.25, -0.2) is 0 Å². The molecular formula is C12H15BrN2O. The summed E-state index contributed by atoms with van der Waals surface area (Å²) in [5.41, 5.74) is 7.66. The second-order valence-corrected chi connectivity index (χ2v) is 5.14. The fraction of sp³-hybridized carbons (Fsp3) is 0.417. The van der Waals surface area contributed by atoms with Gasteiger partial charge in [0.25, 0.3) is 5.91 Å². The molecule has 0 unspecified atom stereocenters. The number of carbonyl (C=O) groups is 1. The van der Waals surface area contributed by atoms with Gasteiger partial charge in [0, 0.05) is 23.6 Å². The van der Waals surface area contributed by atoms with E-state index in [0.717, 1.165) is 28.6 Å². The van der Waals surface area contributed by atoms with Crippen molar-refractivity contribution in [1.82, 2.24) is 4.90 Å². The number of hydrogen-bond acceptors (Lipinski definition) is 2. The van der Waals surface area contributed by atoms with Crippen LogP contribution >= 0.6 is 15.9 Å². The van der Waals surface area contributed by atoms with E-state index in [9.17, 15) is 4.79 Å². The number of halogens is 1. The van der Waals surface area contributed by atoms with Crippen molar-refractivity contribution in [3.63, 3.8) is 0 Å². The van der Waals surface area contributed by atoms with Gasteiger partial charge in [0.15, 0.2) is 0 Å². The predicted molar refractivity (Wildman–Crippen MR) is 67.4 cm³/mol. The number of amides is 1. The third-order valence-electron chi connectivity index (χ3n) is 2.87. The lowest BCUT2D eigenvalue weighted by atomic mass is 10.1. The summed E-state index contributed by atoms with van der Waals surface area (Å²) < 4.78 is 0.859. The van der Waals surface area contributed by atoms with Gasteiger partial charge in [-0.2, -0.15) is 0 Å². The molecule has 0 aromatic heterocycles. The first kappa shape index (κ1) is 11.6. The van der Waals surface area contributed by atoms with Crippen molar-refractivity contribution in [1.29, 1.82) is 0 Å². The van der Waals surface area contributed by atoms with Crippen LogP contribution in [0.3, 0.4) is 0 Å². The van der Waals surface area contributed by atoms with Crippen molar-refractivity contribution in [3.8, 4) is 0 Å². The average molecular weight is 283 g/mol. The van der Waals surface area contributed by atoms with E-state index < -0.39 is 0 Å². The molecule has 1 heterocycles. The summed E-state index contributed by atoms with van der Waals surface area (Å²) in [7, 11) is 0. The van der Waals surface area contributed by atoms with Crippen LogP contribution in [0.25, 0.3) is 0 Å². The van der Waals surface area contributed by atoms with Gasteiger partial charge in [-0.3, -0.25) is 4.79 Å². The van der Waals surface area contributed by atoms with Crippen molar-refractivity contribution >= 4 is 21.8 Å². The first-order valence-electron chi connectivity index (χ1n) is 5.39. The molecule has 86 valence electrons. The molecule has 1 aliphatic heterocycles. The highest BCUT2D eigenvalue weighted by molar-refractivity contribution is 9.10. The van der Waals surface area contributed by atoms with E-state index in [4.69, 9.17) is 5.73 Å². The normalized spacial score (nSPS) is 20.2. The second kappa shape index (κ2) is 4.55. The molecule has 1 saturated heterocycles. The number of rotatable bonds is 1. The van der Waals surface area contributed by atoms with Gasteiger partial charge in [-0.15, -0.1) is 0 Å². The second-order valence-electron chi connectivity index (χ2n) is 4.28. The maximum atomic E-state index is 12.2. The van der Waals surface area contributed by atoms with Gasteiger partial charge in [0.1, 0.15) is 0 Å². The van der Waals surface area contributed by atoms with Gasteiger partial charge in [-0.05, 0) is 47.0 Å². The Bertz CT molecular complexity index is 419. The number of benzene rings is 1. The monoisotopic (exact) mass is 282 g/mol. The Labute approximate surface area is 104 Å². The van der Waals surface area contributed by atoms with Crippen molar-refractivity contribution < 1.29 is 4.79 Å². The van der Waals surface area contributed by atoms with E-state index in [0.29, 0.717) is 6.54 Å². The van der Waals surface area contributed by atoms with Crippen molar-refractivity contribution in [2.24, 2.45) is 5.73 Å². The minimum Gasteiger partial charge on any atom is -0.337 e. The molecule has 1 aromatic carbocycles. The zero-order valence-electron chi connectivity index (χ0n) is 9.24. The van der Waals surface area contributed by atoms with Gasteiger partial charge >= 0.3 is 0 Å². The van der Waals surface area contributed by atoms with E-state index in [-0.39, 0.29) is 11.9 Å². The first-order chi connectivity index (χ1) is 7.58. The zero-order valence-corrected chi connectivity index (χ0v) is 10.8. The Balaban J connectivity index is 2.21. The summed E-state index contributed by atoms with van der Waals surface area (Å²) in [6, 6.07) is 5.91. The molecule has 1 aromatic rings. The van der Waals surface area contributed by atoms with Crippen LogP contribution < -0.4 is 5.73 Å². The molecule has 0 saturated carbocycles. The van der Waals surface area contributed by atoms with Gasteiger partial charge in [0.05, 0.1) is 5.56 Å². The Morgan fingerprint density at radius 1 is 1.56 bits per heavy atom. The van der Waals surface area contributed by atoms with Crippen molar-refractivity contribution in [3.05, 3.63) is 33.8 Å². The van der Waals surface area contributed by atoms with Crippen molar-refractivity contribution in [2.45, 2.75) is 19.4 Å². The molecule has 0 spiro atoms. The highest BCUT2D eigenvalue weighted by atomic mass is 79.9. The van der Waals surface area contributed by atoms with Crippen LogP contribution in [0.4, 0.5) is 0 Å². The number of nitrogens with zero attached hydrogens (tertiary/aromatic N) is 1. The topological polar surface area (TPSA) is 46.3 Å². The third kappa shape index (κ3) is 2.28. The number of carbonyl (C=O) groups excluding carboxylic acids is 1. The van der Waals surface area contributed by atoms with Gasteiger partial charge < -0.3 is 10.6 Å². The van der Waals surface area contributed by atoms with Crippen LogP contribution in [0, 0.1) is 6.92 Å². The van der Waals surface area contributed by atoms with E-state index in [2.05, 4.69) is 15.9 Å². The Hall–Kier alpha value is -0.870. The number of likely N-dealkylation sites (tertiary alicyclic amines) is 1. The standard InChI is InChI=1S/C12H15BrN2O/c1-8-2-3-10(11(13)6-8)12(16)15-5-4-9(14)7-15/h2-3,6,9H,4-5,7,14H2,1H3/t9-/m0/s1. The summed E-state index contributed by atoms with van der Waals surface area (Å²) in [6.45, 7) is 3.43. The van der Waals surface area contributed by atoms with Gasteiger partial charge in [0.2, 0.25) is 0 Å². The first-order valence-corrected chi connectivity index (χ1v) is 6.18. The SMILES string of the molecule is Cc1ccc(C(=O)N2CC[C@H](N)C2)c(Br)c1. The molecule has 2 rings (SSSR count). The lowest BCUT2D eigenvalue weighted by Gasteiger charge is -2.16. The van der Waals surface area contributed by atoms with Crippen LogP contribution in [0.15, 0.2) is 22.7 Å². The maximum Gasteiger partial charge on any atom is 0.255 e. The van der Waals surface area contributed by atoms with E-state index in [1.807, 2.05) is 30.0 Å². The van der Waals surface area contributed by atoms with E-state index in [1.54, 1.807) is 0 Å². The minimum absolute atomic E-state index is 0.0693. The molecule has 0 aliphatic carbocycles. The molecule has 1 fully saturated rings. The summed E-state index contributed by atoms with van der Waals surface area (Å²) in [5.74, 6) is 0.0693. The smallest absolute Gasteiger partial charge is 0.255 e. The minimum atomic E-state index is 0.0693. The quantitative estimate of drug-likeness (QED) is 0.856. The predicted octanol–water partition coefficient (Wildman–Crippen LogP) is 1.93. The Morgan fingerprint density at radius 3 is 2.88 bits per heavy atom. The molecule has 0 radical (unpaired) electrons. The third-order valence-corrected chi connectivity index (χ3v) is 3.52. The van der Waals surface area contributed by atoms with Crippen LogP contribution in [0.5, 0.6) is 0 Å². The Kier molecular flexibility index (Phi) is 3.30. The molecule has 1 amide bonds. The molecule has 16 heavy (non-hydrogen) atoms. The summed E-state index contributed by atoms with van der Waals surface area (Å²) in [6.07, 6.45) is 0.898. The van der Waals surface area contributed by atoms with Crippen LogP contribution in [0.2, 0.25) is 0 Å². The van der Waals surface area contributed by atoms with Crippen molar-refractivity contribution in [2.75, 3.05) is 13.1 Å². The Morgan fingerprint density at radius 2 is 2.31 bits per heavy atom. The maximum absolute atomic E-state index is 12.2. The number of hydrogen-bond donors (Lipinski definition) is 1. The molecular weight excluding hydrogens is 268 g/mol. The summed E-state index contributed by atoms with van der Waals surface area (Å²) >= 11 is 3.43. The lowest BCUT2D eigenvalue weighted by Crippen LogP contribution is -2.32. The fourth-order valence-electron chi connectivity index (χ4n) is 1.94. The largest absolute Gasteiger partial charge is 0.337 e. The molecule has 1 aliphatic rings. The highest BCUT2D eigenvalue weighted by Gasteiger charge is 2.25. The fourth-order valence-corrected chi connectivity index (χ4v) is 2.60. The summed E-state index contributed by atoms with van der Waals surface area (Å²) in [5, 5.41) is 0. The molecule has 4 heteroatoms. The summed E-state index contributed by atoms with van der Waals surface area (Å²) in [4.78, 5) is 14.0. The lowest BCUT2D eigenvalue weighted by molar-refractivity contribution is 0.0790. The molecule has 2 N–H and O–H groups in total. The molecule has 1 atom stereocenters. The van der Waals surface area contributed by atoms with E-state index in [1.165, 1.54) is 0 Å². The molecule has 3 nitrogen and oxygen atoms in total. The number of nitrogens with two attached hydrogens (primary N) is 1. The highest BCUT2D eigenvalue weighted by Crippen LogP contribution is 2.21. The van der Waals surface area contributed by atoms with Crippen LogP contribution in [0.1, 0.15) is 22.3 Å². The average Bonchev–Trinajstić information content (AvgIpc) is 2.64. The zero-order chi connectivity index (χ0) is 11.7. The number of aryl methyl sites for hydroxylation is 1. The van der Waals surface area contributed by atoms with Gasteiger partial charge in [-0.1, -0.05) is 6.07 Å². The van der Waals surface area contributed by atoms with Crippen LogP contribution in [-0.2, 0) is 0 Å². The molecule has 0 bridgehead atoms.